The number of hydrogen-bond acceptors (Lipinski definition) is 4. The Hall–Kier alpha value is -1.36. The maximum Gasteiger partial charge on any atom is 0.135 e. The number of aromatic nitrogens is 1. The maximum absolute atomic E-state index is 10.1. The second kappa shape index (κ2) is 5.10. The van der Waals surface area contributed by atoms with Crippen molar-refractivity contribution >= 4 is 22.7 Å². The fourth-order valence-corrected chi connectivity index (χ4v) is 2.97. The van der Waals surface area contributed by atoms with Gasteiger partial charge in [0.05, 0.1) is 17.8 Å². The van der Waals surface area contributed by atoms with Crippen LogP contribution in [0, 0.1) is 5.41 Å². The average molecular weight is 265 g/mol. The normalized spacial score (nSPS) is 17.7. The van der Waals surface area contributed by atoms with E-state index in [1.165, 1.54) is 11.3 Å². The molecule has 2 rings (SSSR count). The summed E-state index contributed by atoms with van der Waals surface area (Å²) in [6.45, 7) is 6.65. The lowest BCUT2D eigenvalue weighted by Gasteiger charge is -2.25. The molecule has 1 aliphatic heterocycles. The quantitative estimate of drug-likeness (QED) is 0.879. The summed E-state index contributed by atoms with van der Waals surface area (Å²) in [4.78, 5) is 6.39. The van der Waals surface area contributed by atoms with Crippen LogP contribution in [0.15, 0.2) is 11.1 Å². The Morgan fingerprint density at radius 1 is 1.56 bits per heavy atom. The molecule has 2 N–H and O–H groups in total. The van der Waals surface area contributed by atoms with Crippen molar-refractivity contribution in [2.24, 2.45) is 0 Å². The van der Waals surface area contributed by atoms with Crippen LogP contribution < -0.4 is 0 Å². The van der Waals surface area contributed by atoms with E-state index in [1.54, 1.807) is 0 Å². The van der Waals surface area contributed by atoms with Crippen molar-refractivity contribution in [1.29, 1.82) is 5.41 Å². The first-order chi connectivity index (χ1) is 8.58. The van der Waals surface area contributed by atoms with Crippen molar-refractivity contribution in [1.82, 2.24) is 9.88 Å². The average Bonchev–Trinajstić information content (AvgIpc) is 2.93. The zero-order chi connectivity index (χ0) is 13.3. The van der Waals surface area contributed by atoms with Gasteiger partial charge in [-0.05, 0) is 19.8 Å². The Morgan fingerprint density at radius 2 is 2.28 bits per heavy atom. The summed E-state index contributed by atoms with van der Waals surface area (Å²) in [5, 5.41) is 21.0. The Morgan fingerprint density at radius 3 is 2.83 bits per heavy atom. The fraction of sp³-hybridized carbons (Fsp3) is 0.538. The van der Waals surface area contributed by atoms with Crippen LogP contribution >= 0.6 is 11.3 Å². The fourth-order valence-electron chi connectivity index (χ4n) is 2.01. The number of aliphatic hydroxyl groups is 1. The molecule has 0 radical (unpaired) electrons. The summed E-state index contributed by atoms with van der Waals surface area (Å²) in [7, 11) is 0. The Bertz CT molecular complexity index is 492. The van der Waals surface area contributed by atoms with Gasteiger partial charge in [-0.15, -0.1) is 11.3 Å². The van der Waals surface area contributed by atoms with Crippen LogP contribution in [0.25, 0.3) is 5.57 Å². The molecule has 0 aromatic carbocycles. The number of amidine groups is 1. The number of rotatable bonds is 4. The molecule has 18 heavy (non-hydrogen) atoms. The standard InChI is InChI=1S/C13H19N3OS/c1-4-8(3)16-6-10(17)11(12(16)14)13-15-9(5-2)7-18-13/h7-8,14,17H,4-6H2,1-3H3. The van der Waals surface area contributed by atoms with Gasteiger partial charge in [-0.1, -0.05) is 13.8 Å². The highest BCUT2D eigenvalue weighted by Gasteiger charge is 2.32. The molecule has 2 heterocycles. The largest absolute Gasteiger partial charge is 0.510 e. The van der Waals surface area contributed by atoms with Crippen LogP contribution in [0.3, 0.4) is 0 Å². The first-order valence-corrected chi connectivity index (χ1v) is 7.18. The molecule has 0 bridgehead atoms. The number of nitrogens with one attached hydrogen (secondary N) is 1. The molecule has 0 spiro atoms. The highest BCUT2D eigenvalue weighted by molar-refractivity contribution is 7.11. The van der Waals surface area contributed by atoms with Gasteiger partial charge < -0.3 is 10.0 Å². The summed E-state index contributed by atoms with van der Waals surface area (Å²) in [6.07, 6.45) is 1.84. The predicted molar refractivity (Wildman–Crippen MR) is 75.2 cm³/mol. The molecule has 1 atom stereocenters. The number of hydrogen-bond donors (Lipinski definition) is 2. The third-order valence-corrected chi connectivity index (χ3v) is 4.29. The molecule has 1 unspecified atom stereocenters. The van der Waals surface area contributed by atoms with Gasteiger partial charge in [0.1, 0.15) is 16.6 Å². The number of thiazole rings is 1. The molecule has 0 amide bonds. The van der Waals surface area contributed by atoms with Crippen LogP contribution in [-0.4, -0.2) is 33.4 Å². The van der Waals surface area contributed by atoms with Crippen LogP contribution in [0.1, 0.15) is 37.9 Å². The van der Waals surface area contributed by atoms with Crippen molar-refractivity contribution < 1.29 is 5.11 Å². The molecular formula is C13H19N3OS. The van der Waals surface area contributed by atoms with Crippen molar-refractivity contribution in [3.05, 3.63) is 21.8 Å². The lowest BCUT2D eigenvalue weighted by atomic mass is 10.2. The van der Waals surface area contributed by atoms with Gasteiger partial charge in [0.25, 0.3) is 0 Å². The molecular weight excluding hydrogens is 246 g/mol. The summed E-state index contributed by atoms with van der Waals surface area (Å²) >= 11 is 1.50. The van der Waals surface area contributed by atoms with Gasteiger partial charge in [0.2, 0.25) is 0 Å². The van der Waals surface area contributed by atoms with E-state index in [0.29, 0.717) is 18.0 Å². The lowest BCUT2D eigenvalue weighted by molar-refractivity contribution is 0.301. The van der Waals surface area contributed by atoms with E-state index < -0.39 is 0 Å². The van der Waals surface area contributed by atoms with Crippen LogP contribution in [-0.2, 0) is 6.42 Å². The summed E-state index contributed by atoms with van der Waals surface area (Å²) in [5.74, 6) is 0.677. The highest BCUT2D eigenvalue weighted by atomic mass is 32.1. The minimum Gasteiger partial charge on any atom is -0.510 e. The Kier molecular flexibility index (Phi) is 3.71. The minimum atomic E-state index is 0.266. The van der Waals surface area contributed by atoms with E-state index in [4.69, 9.17) is 5.41 Å². The van der Waals surface area contributed by atoms with Crippen molar-refractivity contribution in [2.75, 3.05) is 6.54 Å². The number of aliphatic hydroxyl groups excluding tert-OH is 1. The van der Waals surface area contributed by atoms with Gasteiger partial charge in [0.15, 0.2) is 0 Å². The van der Waals surface area contributed by atoms with E-state index in [9.17, 15) is 5.11 Å². The smallest absolute Gasteiger partial charge is 0.135 e. The Balaban J connectivity index is 2.28. The van der Waals surface area contributed by atoms with Crippen LogP contribution in [0.5, 0.6) is 0 Å². The zero-order valence-corrected chi connectivity index (χ0v) is 11.8. The lowest BCUT2D eigenvalue weighted by Crippen LogP contribution is -2.34. The first-order valence-electron chi connectivity index (χ1n) is 6.30. The molecule has 1 aromatic heterocycles. The van der Waals surface area contributed by atoms with E-state index in [2.05, 4.69) is 25.8 Å². The van der Waals surface area contributed by atoms with E-state index >= 15 is 0 Å². The van der Waals surface area contributed by atoms with Gasteiger partial charge in [-0.3, -0.25) is 5.41 Å². The second-order valence-electron chi connectivity index (χ2n) is 4.55. The van der Waals surface area contributed by atoms with E-state index in [1.807, 2.05) is 10.3 Å². The predicted octanol–water partition coefficient (Wildman–Crippen LogP) is 3.07. The third-order valence-electron chi connectivity index (χ3n) is 3.38. The molecule has 4 nitrogen and oxygen atoms in total. The molecule has 1 aromatic rings. The molecule has 0 aliphatic carbocycles. The van der Waals surface area contributed by atoms with Gasteiger partial charge in [-0.25, -0.2) is 4.98 Å². The monoisotopic (exact) mass is 265 g/mol. The minimum absolute atomic E-state index is 0.266. The molecule has 5 heteroatoms. The van der Waals surface area contributed by atoms with E-state index in [0.717, 1.165) is 23.5 Å². The second-order valence-corrected chi connectivity index (χ2v) is 5.41. The van der Waals surface area contributed by atoms with Crippen molar-refractivity contribution in [3.63, 3.8) is 0 Å². The maximum atomic E-state index is 10.1. The number of nitrogens with zero attached hydrogens (tertiary/aromatic N) is 2. The topological polar surface area (TPSA) is 60.2 Å². The number of aryl methyl sites for hydroxylation is 1. The van der Waals surface area contributed by atoms with Crippen molar-refractivity contribution in [3.8, 4) is 0 Å². The Labute approximate surface area is 111 Å². The highest BCUT2D eigenvalue weighted by Crippen LogP contribution is 2.31. The molecule has 0 saturated carbocycles. The third kappa shape index (κ3) is 2.14. The first kappa shape index (κ1) is 13.1. The zero-order valence-electron chi connectivity index (χ0n) is 11.0. The molecule has 0 fully saturated rings. The SMILES string of the molecule is CCc1csc(C2=C(O)CN(C(C)CC)C2=N)n1. The van der Waals surface area contributed by atoms with Crippen LogP contribution in [0.4, 0.5) is 0 Å². The molecule has 98 valence electrons. The summed E-state index contributed by atoms with van der Waals surface area (Å²) in [5.41, 5.74) is 1.63. The van der Waals surface area contributed by atoms with Crippen LogP contribution in [0.2, 0.25) is 0 Å². The molecule has 1 aliphatic rings. The summed E-state index contributed by atoms with van der Waals surface area (Å²) in [6, 6.07) is 0.266. The molecule has 0 saturated heterocycles. The van der Waals surface area contributed by atoms with Gasteiger partial charge >= 0.3 is 0 Å². The van der Waals surface area contributed by atoms with Gasteiger partial charge in [-0.2, -0.15) is 0 Å². The van der Waals surface area contributed by atoms with Crippen molar-refractivity contribution in [2.45, 2.75) is 39.7 Å². The van der Waals surface area contributed by atoms with E-state index in [-0.39, 0.29) is 11.8 Å². The van der Waals surface area contributed by atoms with Gasteiger partial charge in [0, 0.05) is 11.4 Å². The summed E-state index contributed by atoms with van der Waals surface area (Å²) < 4.78 is 0.